The molecule has 0 amide bonds. The van der Waals surface area contributed by atoms with Gasteiger partial charge in [0.1, 0.15) is 0 Å². The number of hydrogen-bond acceptors (Lipinski definition) is 1. The molecule has 6 rings (SSSR count). The quantitative estimate of drug-likeness (QED) is 0.0670. The second-order valence-electron chi connectivity index (χ2n) is 9.20. The SMILES string of the molecule is S=[C]=[Ir][Cl].[CH-]=CC=[CH-].c1ccc(P(c2ccccc2)c2ccccc2)cc1.c1ccc(P(c2ccccc2)c2ccccc2)cc1. The maximum absolute atomic E-state index is 5.10. The second kappa shape index (κ2) is 23.0. The summed E-state index contributed by atoms with van der Waals surface area (Å²) in [6.45, 7) is 9.44. The predicted molar refractivity (Wildman–Crippen MR) is 206 cm³/mol. The molecule has 0 nitrogen and oxygen atoms in total. The average Bonchev–Trinajstić information content (AvgIpc) is 3.15. The van der Waals surface area contributed by atoms with Crippen LogP contribution in [-0.4, -0.2) is 3.47 Å². The molecule has 0 unspecified atom stereocenters. The fourth-order valence-electron chi connectivity index (χ4n) is 4.36. The van der Waals surface area contributed by atoms with E-state index in [0.717, 1.165) is 0 Å². The molecule has 0 heterocycles. The van der Waals surface area contributed by atoms with Crippen LogP contribution in [0.15, 0.2) is 194 Å². The van der Waals surface area contributed by atoms with Crippen LogP contribution in [0.4, 0.5) is 0 Å². The molecule has 0 bridgehead atoms. The van der Waals surface area contributed by atoms with Crippen LogP contribution in [0.5, 0.6) is 0 Å². The molecule has 6 aromatic rings. The number of thiocarbonyl (C=S) groups is 1. The topological polar surface area (TPSA) is 0 Å². The van der Waals surface area contributed by atoms with Crippen molar-refractivity contribution in [3.63, 3.8) is 0 Å². The van der Waals surface area contributed by atoms with Gasteiger partial charge in [-0.15, -0.1) is 0 Å². The van der Waals surface area contributed by atoms with Gasteiger partial charge in [-0.25, -0.2) is 0 Å². The zero-order chi connectivity index (χ0) is 32.7. The van der Waals surface area contributed by atoms with Gasteiger partial charge >= 0.3 is 41.5 Å². The van der Waals surface area contributed by atoms with Crippen LogP contribution < -0.4 is 31.8 Å². The Balaban J connectivity index is 0.000000204. The van der Waals surface area contributed by atoms with E-state index in [9.17, 15) is 0 Å². The minimum atomic E-state index is -0.449. The summed E-state index contributed by atoms with van der Waals surface area (Å²) in [6, 6.07) is 64.7. The number of benzene rings is 6. The van der Waals surface area contributed by atoms with Crippen molar-refractivity contribution < 1.29 is 16.2 Å². The monoisotopic (exact) mass is 848 g/mol. The molecule has 0 aliphatic rings. The fraction of sp³-hybridized carbons (Fsp3) is 0. The molecule has 0 saturated heterocycles. The van der Waals surface area contributed by atoms with Gasteiger partial charge in [0, 0.05) is 0 Å². The molecule has 232 valence electrons. The Morgan fingerprint density at radius 1 is 0.413 bits per heavy atom. The zero-order valence-corrected chi connectivity index (χ0v) is 30.9. The summed E-state index contributed by atoms with van der Waals surface area (Å²) in [4.78, 5) is 0. The first-order valence-electron chi connectivity index (χ1n) is 14.3. The number of hydrogen-bond donors (Lipinski definition) is 0. The molecule has 0 aliphatic heterocycles. The molecule has 0 atom stereocenters. The Hall–Kier alpha value is -3.40. The predicted octanol–water partition coefficient (Wildman–Crippen LogP) is 8.91. The van der Waals surface area contributed by atoms with Crippen LogP contribution in [0.2, 0.25) is 0 Å². The minimum Gasteiger partial charge on any atom is -0.394 e. The second-order valence-corrected chi connectivity index (χ2v) is 16.7. The first kappa shape index (κ1) is 37.1. The van der Waals surface area contributed by atoms with E-state index in [-0.39, 0.29) is 0 Å². The maximum atomic E-state index is 5.10. The van der Waals surface area contributed by atoms with Gasteiger partial charge in [-0.2, -0.15) is 0 Å². The Bertz CT molecular complexity index is 1400. The smallest absolute Gasteiger partial charge is 0.0134 e. The largest absolute Gasteiger partial charge is 0.394 e. The Kier molecular flexibility index (Phi) is 18.5. The first-order chi connectivity index (χ1) is 22.7. The summed E-state index contributed by atoms with van der Waals surface area (Å²) in [6.07, 6.45) is 2.56. The fourth-order valence-corrected chi connectivity index (χ4v) is 8.97. The van der Waals surface area contributed by atoms with Crippen LogP contribution in [0.3, 0.4) is 0 Å². The molecular formula is C41H34ClIrP2S-2. The van der Waals surface area contributed by atoms with Crippen LogP contribution in [0, 0.1) is 13.2 Å². The zero-order valence-electron chi connectivity index (χ0n) is 25.1. The summed E-state index contributed by atoms with van der Waals surface area (Å²) < 4.78 is 2.40. The van der Waals surface area contributed by atoms with Crippen LogP contribution in [0.25, 0.3) is 0 Å². The maximum Gasteiger partial charge on any atom is -0.0134 e. The van der Waals surface area contributed by atoms with Crippen molar-refractivity contribution >= 4 is 72.9 Å². The molecule has 0 radical (unpaired) electrons. The van der Waals surface area contributed by atoms with Gasteiger partial charge in [0.05, 0.1) is 0 Å². The normalized spacial score (nSPS) is 9.72. The van der Waals surface area contributed by atoms with Crippen molar-refractivity contribution in [2.45, 2.75) is 0 Å². The van der Waals surface area contributed by atoms with E-state index in [2.05, 4.69) is 198 Å². The van der Waals surface area contributed by atoms with E-state index in [1.807, 2.05) is 0 Å². The number of halogens is 1. The molecule has 6 aromatic carbocycles. The van der Waals surface area contributed by atoms with E-state index in [1.165, 1.54) is 44.0 Å². The number of rotatable bonds is 7. The Morgan fingerprint density at radius 2 is 0.565 bits per heavy atom. The van der Waals surface area contributed by atoms with Gasteiger partial charge in [-0.05, 0) is 47.7 Å². The first-order valence-corrected chi connectivity index (χ1v) is 21.6. The van der Waals surface area contributed by atoms with Crippen molar-refractivity contribution in [2.24, 2.45) is 0 Å². The summed E-state index contributed by atoms with van der Waals surface area (Å²) in [5.41, 5.74) is 0. The van der Waals surface area contributed by atoms with E-state index < -0.39 is 32.1 Å². The molecule has 0 fully saturated rings. The van der Waals surface area contributed by atoms with Gasteiger partial charge < -0.3 is 25.3 Å². The molecule has 0 N–H and O–H groups in total. The van der Waals surface area contributed by atoms with Gasteiger partial charge in [-0.1, -0.05) is 182 Å². The average molecular weight is 848 g/mol. The van der Waals surface area contributed by atoms with Crippen molar-refractivity contribution in [3.05, 3.63) is 207 Å². The Morgan fingerprint density at radius 3 is 0.674 bits per heavy atom. The standard InChI is InChI=1S/2C18H15P.C4H4.CS.ClH.Ir/c2*1-4-10-16(11-5-1)19(17-12-6-2-7-13-17)18-14-8-3-9-15-18;1-3-4-2;1-2;;/h2*1-15H;1-4H;;1H;/q;;-2;;;+1/p-1. The molecule has 5 heteroatoms. The molecule has 0 aliphatic carbocycles. The third-order valence-electron chi connectivity index (χ3n) is 6.22. The molecule has 0 spiro atoms. The minimum absolute atomic E-state index is 0.446. The van der Waals surface area contributed by atoms with Crippen molar-refractivity contribution in [2.75, 3.05) is 0 Å². The van der Waals surface area contributed by atoms with Crippen molar-refractivity contribution in [1.29, 1.82) is 0 Å². The summed E-state index contributed by atoms with van der Waals surface area (Å²) >= 11 is 3.78. The van der Waals surface area contributed by atoms with Crippen molar-refractivity contribution in [3.8, 4) is 0 Å². The molecule has 0 aromatic heterocycles. The Labute approximate surface area is 294 Å². The van der Waals surface area contributed by atoms with Gasteiger partial charge in [0.2, 0.25) is 0 Å². The molecule has 46 heavy (non-hydrogen) atoms. The number of allylic oxidation sites excluding steroid dienone is 2. The third-order valence-corrected chi connectivity index (χ3v) is 13.0. The van der Waals surface area contributed by atoms with Gasteiger partial charge in [0.25, 0.3) is 0 Å². The molecule has 0 saturated carbocycles. The van der Waals surface area contributed by atoms with Gasteiger partial charge in [0.15, 0.2) is 0 Å². The summed E-state index contributed by atoms with van der Waals surface area (Å²) in [7, 11) is 4.20. The van der Waals surface area contributed by atoms with E-state index >= 15 is 0 Å². The van der Waals surface area contributed by atoms with Crippen molar-refractivity contribution in [1.82, 2.24) is 0 Å². The van der Waals surface area contributed by atoms with E-state index in [1.54, 1.807) is 0 Å². The van der Waals surface area contributed by atoms with E-state index in [0.29, 0.717) is 0 Å². The third kappa shape index (κ3) is 12.8. The molecular weight excluding hydrogens is 814 g/mol. The van der Waals surface area contributed by atoms with Crippen LogP contribution in [0.1, 0.15) is 0 Å². The van der Waals surface area contributed by atoms with Gasteiger partial charge in [-0.3, -0.25) is 0 Å². The summed E-state index contributed by atoms with van der Waals surface area (Å²) in [5, 5.41) is 8.39. The van der Waals surface area contributed by atoms with Crippen LogP contribution >= 0.6 is 37.6 Å². The van der Waals surface area contributed by atoms with Crippen LogP contribution in [-0.2, 0) is 16.2 Å². The summed E-state index contributed by atoms with van der Waals surface area (Å²) in [5.74, 6) is 0. The van der Waals surface area contributed by atoms with E-state index in [4.69, 9.17) is 22.7 Å².